The Morgan fingerprint density at radius 2 is 1.84 bits per heavy atom. The Hall–Kier alpha value is -1.93. The smallest absolute Gasteiger partial charge is 0.263 e. The van der Waals surface area contributed by atoms with Crippen molar-refractivity contribution in [3.63, 3.8) is 0 Å². The highest BCUT2D eigenvalue weighted by atomic mass is 79.9. The van der Waals surface area contributed by atoms with Crippen molar-refractivity contribution in [3.8, 4) is 11.5 Å². The fourth-order valence-corrected chi connectivity index (χ4v) is 2.86. The van der Waals surface area contributed by atoms with Crippen LogP contribution in [0.25, 0.3) is 6.08 Å². The summed E-state index contributed by atoms with van der Waals surface area (Å²) >= 11 is 8.25. The van der Waals surface area contributed by atoms with Crippen LogP contribution in [0.2, 0.25) is 0 Å². The van der Waals surface area contributed by atoms with Gasteiger partial charge in [0.25, 0.3) is 11.8 Å². The molecule has 2 rings (SSSR count). The molecule has 0 aliphatic carbocycles. The Morgan fingerprint density at radius 1 is 1.20 bits per heavy atom. The predicted molar refractivity (Wildman–Crippen MR) is 103 cm³/mol. The third-order valence-corrected chi connectivity index (χ3v) is 3.94. The van der Waals surface area contributed by atoms with E-state index in [1.807, 2.05) is 6.92 Å². The van der Waals surface area contributed by atoms with Gasteiger partial charge in [0.05, 0.1) is 17.7 Å². The van der Waals surface area contributed by atoms with Crippen LogP contribution < -0.4 is 20.1 Å². The Balaban J connectivity index is 2.39. The zero-order valence-corrected chi connectivity index (χ0v) is 16.5. The van der Waals surface area contributed by atoms with Crippen LogP contribution in [0.15, 0.2) is 22.2 Å². The molecule has 6 nitrogen and oxygen atoms in total. The van der Waals surface area contributed by atoms with Crippen LogP contribution in [-0.4, -0.2) is 30.1 Å². The highest BCUT2D eigenvalue weighted by Crippen LogP contribution is 2.37. The van der Waals surface area contributed by atoms with Gasteiger partial charge in [-0.25, -0.2) is 0 Å². The number of hydrogen-bond acceptors (Lipinski definition) is 5. The van der Waals surface area contributed by atoms with Crippen molar-refractivity contribution in [2.24, 2.45) is 5.92 Å². The van der Waals surface area contributed by atoms with E-state index in [-0.39, 0.29) is 10.7 Å². The lowest BCUT2D eigenvalue weighted by molar-refractivity contribution is -0.123. The Bertz CT molecular complexity index is 724. The van der Waals surface area contributed by atoms with Crippen LogP contribution >= 0.6 is 28.1 Å². The van der Waals surface area contributed by atoms with Gasteiger partial charge in [-0.2, -0.15) is 0 Å². The second-order valence-electron chi connectivity index (χ2n) is 5.76. The summed E-state index contributed by atoms with van der Waals surface area (Å²) in [7, 11) is 0. The third kappa shape index (κ3) is 5.02. The van der Waals surface area contributed by atoms with E-state index in [2.05, 4.69) is 40.4 Å². The summed E-state index contributed by atoms with van der Waals surface area (Å²) < 4.78 is 12.1. The number of hydrogen-bond donors (Lipinski definition) is 2. The van der Waals surface area contributed by atoms with Gasteiger partial charge < -0.3 is 9.47 Å². The summed E-state index contributed by atoms with van der Waals surface area (Å²) in [6.07, 6.45) is 1.48. The molecule has 1 aromatic rings. The van der Waals surface area contributed by atoms with E-state index >= 15 is 0 Å². The molecule has 1 heterocycles. The van der Waals surface area contributed by atoms with Crippen LogP contribution in [0.1, 0.15) is 26.3 Å². The molecule has 0 spiro atoms. The van der Waals surface area contributed by atoms with E-state index < -0.39 is 11.8 Å². The molecule has 0 aromatic heterocycles. The average molecular weight is 427 g/mol. The monoisotopic (exact) mass is 426 g/mol. The number of ether oxygens (including phenoxy) is 2. The molecule has 1 aliphatic rings. The highest BCUT2D eigenvalue weighted by Gasteiger charge is 2.26. The van der Waals surface area contributed by atoms with Gasteiger partial charge in [-0.05, 0) is 64.8 Å². The van der Waals surface area contributed by atoms with E-state index in [4.69, 9.17) is 21.7 Å². The lowest BCUT2D eigenvalue weighted by Gasteiger charge is -2.18. The topological polar surface area (TPSA) is 76.7 Å². The average Bonchev–Trinajstić information content (AvgIpc) is 2.50. The minimum atomic E-state index is -0.539. The van der Waals surface area contributed by atoms with Crippen molar-refractivity contribution in [1.82, 2.24) is 10.6 Å². The van der Waals surface area contributed by atoms with Gasteiger partial charge >= 0.3 is 0 Å². The van der Waals surface area contributed by atoms with Crippen LogP contribution in [-0.2, 0) is 9.59 Å². The number of thiocarbonyl (C=S) groups is 1. The molecule has 0 saturated carbocycles. The summed E-state index contributed by atoms with van der Waals surface area (Å²) in [6, 6.07) is 3.49. The van der Waals surface area contributed by atoms with Crippen molar-refractivity contribution in [2.75, 3.05) is 13.2 Å². The number of amides is 2. The van der Waals surface area contributed by atoms with Gasteiger partial charge in [-0.3, -0.25) is 20.2 Å². The first kappa shape index (κ1) is 19.4. The van der Waals surface area contributed by atoms with Crippen LogP contribution in [0, 0.1) is 5.92 Å². The lowest BCUT2D eigenvalue weighted by atomic mass is 10.1. The van der Waals surface area contributed by atoms with Gasteiger partial charge in [-0.15, -0.1) is 0 Å². The lowest BCUT2D eigenvalue weighted by Crippen LogP contribution is -2.51. The molecular formula is C17H19BrN2O4S. The van der Waals surface area contributed by atoms with E-state index in [0.717, 1.165) is 0 Å². The van der Waals surface area contributed by atoms with Gasteiger partial charge in [0, 0.05) is 0 Å². The van der Waals surface area contributed by atoms with Gasteiger partial charge in [0.1, 0.15) is 5.57 Å². The van der Waals surface area contributed by atoms with E-state index in [9.17, 15) is 9.59 Å². The Kier molecular flexibility index (Phi) is 6.55. The second-order valence-corrected chi connectivity index (χ2v) is 7.03. The normalized spacial score (nSPS) is 14.3. The molecule has 0 atom stereocenters. The van der Waals surface area contributed by atoms with Gasteiger partial charge in [0.2, 0.25) is 0 Å². The summed E-state index contributed by atoms with van der Waals surface area (Å²) in [5, 5.41) is 4.81. The molecule has 134 valence electrons. The van der Waals surface area contributed by atoms with Gasteiger partial charge in [-0.1, -0.05) is 13.8 Å². The number of rotatable bonds is 6. The summed E-state index contributed by atoms with van der Waals surface area (Å²) in [5.41, 5.74) is 0.596. The van der Waals surface area contributed by atoms with Crippen LogP contribution in [0.3, 0.4) is 0 Å². The Morgan fingerprint density at radius 3 is 2.40 bits per heavy atom. The minimum absolute atomic E-state index is 0.000712. The van der Waals surface area contributed by atoms with Crippen LogP contribution in [0.5, 0.6) is 11.5 Å². The van der Waals surface area contributed by atoms with Crippen molar-refractivity contribution in [3.05, 3.63) is 27.7 Å². The number of carbonyl (C=O) groups is 2. The first-order chi connectivity index (χ1) is 11.8. The third-order valence-electron chi connectivity index (χ3n) is 3.15. The van der Waals surface area contributed by atoms with Crippen molar-refractivity contribution in [2.45, 2.75) is 20.8 Å². The standard InChI is InChI=1S/C17H19BrN2O4S/c1-4-23-13-7-10(6-12(18)14(13)24-8-9(2)3)5-11-15(21)19-17(25)20-16(11)22/h5-7,9H,4,8H2,1-3H3,(H2,19,20,21,22,25). The summed E-state index contributed by atoms with van der Waals surface area (Å²) in [6.45, 7) is 6.98. The largest absolute Gasteiger partial charge is 0.490 e. The van der Waals surface area contributed by atoms with E-state index in [1.54, 1.807) is 12.1 Å². The second kappa shape index (κ2) is 8.44. The quantitative estimate of drug-likeness (QED) is 0.415. The van der Waals surface area contributed by atoms with Crippen LogP contribution in [0.4, 0.5) is 0 Å². The molecule has 0 bridgehead atoms. The molecule has 2 N–H and O–H groups in total. The maximum Gasteiger partial charge on any atom is 0.263 e. The number of benzene rings is 1. The molecule has 8 heteroatoms. The molecule has 1 aromatic carbocycles. The fourth-order valence-electron chi connectivity index (χ4n) is 2.10. The number of carbonyl (C=O) groups excluding carboxylic acids is 2. The molecule has 0 unspecified atom stereocenters. The zero-order valence-electron chi connectivity index (χ0n) is 14.1. The zero-order chi connectivity index (χ0) is 18.6. The number of nitrogens with one attached hydrogen (secondary N) is 2. The van der Waals surface area contributed by atoms with Crippen molar-refractivity contribution >= 4 is 51.2 Å². The predicted octanol–water partition coefficient (Wildman–Crippen LogP) is 2.80. The van der Waals surface area contributed by atoms with E-state index in [1.165, 1.54) is 6.08 Å². The number of halogens is 1. The molecule has 25 heavy (non-hydrogen) atoms. The summed E-state index contributed by atoms with van der Waals surface area (Å²) in [4.78, 5) is 23.9. The minimum Gasteiger partial charge on any atom is -0.490 e. The molecule has 2 amide bonds. The maximum atomic E-state index is 12.0. The molecule has 1 fully saturated rings. The van der Waals surface area contributed by atoms with Crippen molar-refractivity contribution < 1.29 is 19.1 Å². The first-order valence-corrected chi connectivity index (χ1v) is 8.99. The van der Waals surface area contributed by atoms with E-state index in [0.29, 0.717) is 40.7 Å². The fraction of sp³-hybridized carbons (Fsp3) is 0.353. The Labute approximate surface area is 160 Å². The molecule has 1 aliphatic heterocycles. The SMILES string of the molecule is CCOc1cc(C=C2C(=O)NC(=S)NC2=O)cc(Br)c1OCC(C)C. The molecule has 0 radical (unpaired) electrons. The summed E-state index contributed by atoms with van der Waals surface area (Å²) in [5.74, 6) is 0.417. The molecular weight excluding hydrogens is 408 g/mol. The molecule has 1 saturated heterocycles. The van der Waals surface area contributed by atoms with Crippen molar-refractivity contribution in [1.29, 1.82) is 0 Å². The maximum absolute atomic E-state index is 12.0. The highest BCUT2D eigenvalue weighted by molar-refractivity contribution is 9.10. The first-order valence-electron chi connectivity index (χ1n) is 7.79. The van der Waals surface area contributed by atoms with Gasteiger partial charge in [0.15, 0.2) is 16.6 Å².